The van der Waals surface area contributed by atoms with Gasteiger partial charge in [0, 0.05) is 0 Å². The molecule has 0 aromatic rings. The second kappa shape index (κ2) is 16.6. The highest BCUT2D eigenvalue weighted by molar-refractivity contribution is 5.01. The quantitative estimate of drug-likeness (QED) is 0.190. The molecule has 0 heteroatoms. The number of hydrogen-bond donors (Lipinski definition) is 0. The van der Waals surface area contributed by atoms with E-state index in [1.54, 1.807) is 5.57 Å². The Kier molecular flexibility index (Phi) is 15.1. The van der Waals surface area contributed by atoms with Crippen molar-refractivity contribution in [2.75, 3.05) is 0 Å². The van der Waals surface area contributed by atoms with E-state index in [4.69, 9.17) is 0 Å². The molecular formula is C26H48. The Balaban J connectivity index is 1.81. The van der Waals surface area contributed by atoms with Crippen LogP contribution in [-0.4, -0.2) is 0 Å². The summed E-state index contributed by atoms with van der Waals surface area (Å²) in [5.74, 6) is 1.81. The number of rotatable bonds is 16. The number of hydrogen-bond acceptors (Lipinski definition) is 0. The molecule has 0 amide bonds. The standard InChI is InChI=1S/C26H48/c1-4-5-6-7-8-9-10-11-12-13-14-15-16-17-18-19-25(3)26-22-20-24(2)21-23-26/h11-12,24,26H,3-10,13-23H2,1-2H3/b12-11-. The van der Waals surface area contributed by atoms with E-state index in [-0.39, 0.29) is 0 Å². The zero-order valence-electron chi connectivity index (χ0n) is 18.2. The van der Waals surface area contributed by atoms with Gasteiger partial charge in [-0.15, -0.1) is 0 Å². The van der Waals surface area contributed by atoms with Gasteiger partial charge in [-0.05, 0) is 63.2 Å². The Bertz CT molecular complexity index is 343. The van der Waals surface area contributed by atoms with Crippen LogP contribution in [0.4, 0.5) is 0 Å². The average molecular weight is 361 g/mol. The van der Waals surface area contributed by atoms with E-state index in [9.17, 15) is 0 Å². The first kappa shape index (κ1) is 23.5. The largest absolute Gasteiger partial charge is 0.0996 e. The predicted molar refractivity (Wildman–Crippen MR) is 120 cm³/mol. The molecule has 0 aromatic heterocycles. The van der Waals surface area contributed by atoms with Crippen molar-refractivity contribution >= 4 is 0 Å². The first-order valence-corrected chi connectivity index (χ1v) is 12.1. The van der Waals surface area contributed by atoms with E-state index in [0.29, 0.717) is 0 Å². The molecule has 0 aromatic carbocycles. The summed E-state index contributed by atoms with van der Waals surface area (Å²) in [6.45, 7) is 9.09. The molecule has 1 rings (SSSR count). The molecular weight excluding hydrogens is 312 g/mol. The first-order valence-electron chi connectivity index (χ1n) is 12.1. The van der Waals surface area contributed by atoms with Crippen LogP contribution in [0.15, 0.2) is 24.3 Å². The summed E-state index contributed by atoms with van der Waals surface area (Å²) < 4.78 is 0. The van der Waals surface area contributed by atoms with E-state index < -0.39 is 0 Å². The third-order valence-electron chi connectivity index (χ3n) is 6.35. The van der Waals surface area contributed by atoms with Gasteiger partial charge in [0.2, 0.25) is 0 Å². The van der Waals surface area contributed by atoms with Gasteiger partial charge in [0.1, 0.15) is 0 Å². The lowest BCUT2D eigenvalue weighted by atomic mass is 9.78. The van der Waals surface area contributed by atoms with Crippen molar-refractivity contribution in [2.24, 2.45) is 11.8 Å². The van der Waals surface area contributed by atoms with Crippen LogP contribution in [0.3, 0.4) is 0 Å². The molecule has 0 nitrogen and oxygen atoms in total. The molecule has 0 aliphatic heterocycles. The monoisotopic (exact) mass is 360 g/mol. The van der Waals surface area contributed by atoms with Crippen molar-refractivity contribution < 1.29 is 0 Å². The smallest absolute Gasteiger partial charge is 0.0206 e. The van der Waals surface area contributed by atoms with E-state index in [2.05, 4.69) is 32.6 Å². The summed E-state index contributed by atoms with van der Waals surface area (Å²) >= 11 is 0. The summed E-state index contributed by atoms with van der Waals surface area (Å²) in [7, 11) is 0. The second-order valence-electron chi connectivity index (χ2n) is 8.95. The van der Waals surface area contributed by atoms with Crippen LogP contribution in [0.2, 0.25) is 0 Å². The Morgan fingerprint density at radius 2 is 1.23 bits per heavy atom. The number of unbranched alkanes of at least 4 members (excludes halogenated alkanes) is 11. The third-order valence-corrected chi connectivity index (χ3v) is 6.35. The Hall–Kier alpha value is -0.520. The molecule has 0 radical (unpaired) electrons. The van der Waals surface area contributed by atoms with Crippen molar-refractivity contribution in [3.05, 3.63) is 24.3 Å². The predicted octanol–water partition coefficient (Wildman–Crippen LogP) is 9.41. The van der Waals surface area contributed by atoms with Crippen LogP contribution in [0.25, 0.3) is 0 Å². The van der Waals surface area contributed by atoms with Crippen molar-refractivity contribution in [1.29, 1.82) is 0 Å². The SMILES string of the molecule is C=C(CCCCCCC/C=C\CCCCCCCC)C1CCC(C)CC1. The highest BCUT2D eigenvalue weighted by atomic mass is 14.2. The minimum absolute atomic E-state index is 0.850. The van der Waals surface area contributed by atoms with Crippen LogP contribution >= 0.6 is 0 Å². The molecule has 0 heterocycles. The summed E-state index contributed by atoms with van der Waals surface area (Å²) in [5, 5.41) is 0. The zero-order chi connectivity index (χ0) is 18.9. The van der Waals surface area contributed by atoms with E-state index in [1.165, 1.54) is 116 Å². The summed E-state index contributed by atoms with van der Waals surface area (Å²) in [4.78, 5) is 0. The van der Waals surface area contributed by atoms with Crippen LogP contribution in [0, 0.1) is 11.8 Å². The van der Waals surface area contributed by atoms with Gasteiger partial charge in [0.25, 0.3) is 0 Å². The molecule has 1 saturated carbocycles. The Morgan fingerprint density at radius 3 is 1.81 bits per heavy atom. The van der Waals surface area contributed by atoms with Gasteiger partial charge in [-0.2, -0.15) is 0 Å². The fourth-order valence-corrected chi connectivity index (χ4v) is 4.30. The molecule has 0 N–H and O–H groups in total. The highest BCUT2D eigenvalue weighted by Gasteiger charge is 2.19. The van der Waals surface area contributed by atoms with E-state index in [0.717, 1.165) is 11.8 Å². The molecule has 26 heavy (non-hydrogen) atoms. The van der Waals surface area contributed by atoms with Crippen molar-refractivity contribution in [2.45, 2.75) is 129 Å². The Labute approximate surface area is 165 Å². The fraction of sp³-hybridized carbons (Fsp3) is 0.846. The van der Waals surface area contributed by atoms with E-state index >= 15 is 0 Å². The zero-order valence-corrected chi connectivity index (χ0v) is 18.2. The Morgan fingerprint density at radius 1 is 0.731 bits per heavy atom. The molecule has 0 unspecified atom stereocenters. The summed E-state index contributed by atoms with van der Waals surface area (Å²) in [5.41, 5.74) is 1.56. The molecule has 0 spiro atoms. The van der Waals surface area contributed by atoms with Gasteiger partial charge < -0.3 is 0 Å². The maximum atomic E-state index is 4.40. The molecule has 1 aliphatic carbocycles. The van der Waals surface area contributed by atoms with Crippen LogP contribution < -0.4 is 0 Å². The second-order valence-corrected chi connectivity index (χ2v) is 8.95. The fourth-order valence-electron chi connectivity index (χ4n) is 4.30. The van der Waals surface area contributed by atoms with Gasteiger partial charge in [-0.1, -0.05) is 102 Å². The molecule has 1 fully saturated rings. The van der Waals surface area contributed by atoms with Crippen LogP contribution in [-0.2, 0) is 0 Å². The van der Waals surface area contributed by atoms with Crippen LogP contribution in [0.5, 0.6) is 0 Å². The van der Waals surface area contributed by atoms with Gasteiger partial charge in [-0.3, -0.25) is 0 Å². The van der Waals surface area contributed by atoms with Crippen molar-refractivity contribution in [3.63, 3.8) is 0 Å². The molecule has 152 valence electrons. The molecule has 0 atom stereocenters. The normalized spacial score (nSPS) is 20.7. The molecule has 1 aliphatic rings. The topological polar surface area (TPSA) is 0 Å². The number of allylic oxidation sites excluding steroid dienone is 3. The van der Waals surface area contributed by atoms with Gasteiger partial charge in [0.05, 0.1) is 0 Å². The summed E-state index contributed by atoms with van der Waals surface area (Å²) in [6.07, 6.45) is 29.9. The molecule has 0 saturated heterocycles. The third kappa shape index (κ3) is 12.8. The molecule has 0 bridgehead atoms. The van der Waals surface area contributed by atoms with Crippen molar-refractivity contribution in [1.82, 2.24) is 0 Å². The van der Waals surface area contributed by atoms with Crippen LogP contribution in [0.1, 0.15) is 129 Å². The lowest BCUT2D eigenvalue weighted by molar-refractivity contribution is 0.315. The van der Waals surface area contributed by atoms with Gasteiger partial charge >= 0.3 is 0 Å². The van der Waals surface area contributed by atoms with Gasteiger partial charge in [0.15, 0.2) is 0 Å². The maximum Gasteiger partial charge on any atom is -0.0206 e. The lowest BCUT2D eigenvalue weighted by Crippen LogP contribution is -2.13. The average Bonchev–Trinajstić information content (AvgIpc) is 2.65. The van der Waals surface area contributed by atoms with Gasteiger partial charge in [-0.25, -0.2) is 0 Å². The lowest BCUT2D eigenvalue weighted by Gasteiger charge is -2.27. The minimum Gasteiger partial charge on any atom is -0.0996 e. The maximum absolute atomic E-state index is 4.40. The summed E-state index contributed by atoms with van der Waals surface area (Å²) in [6, 6.07) is 0. The highest BCUT2D eigenvalue weighted by Crippen LogP contribution is 2.34. The first-order chi connectivity index (χ1) is 12.7. The van der Waals surface area contributed by atoms with E-state index in [1.807, 2.05) is 0 Å². The minimum atomic E-state index is 0.850. The van der Waals surface area contributed by atoms with Crippen molar-refractivity contribution in [3.8, 4) is 0 Å².